The fraction of sp³-hybridized carbons (Fsp3) is 0.588. The van der Waals surface area contributed by atoms with E-state index >= 15 is 0 Å². The summed E-state index contributed by atoms with van der Waals surface area (Å²) in [6.07, 6.45) is 8.60. The van der Waals surface area contributed by atoms with E-state index in [0.717, 1.165) is 24.3 Å². The number of hydrogen-bond donors (Lipinski definition) is 0. The van der Waals surface area contributed by atoms with E-state index in [0.29, 0.717) is 5.78 Å². The fourth-order valence-corrected chi connectivity index (χ4v) is 3.09. The van der Waals surface area contributed by atoms with Gasteiger partial charge in [-0.05, 0) is 38.3 Å². The van der Waals surface area contributed by atoms with Crippen molar-refractivity contribution in [1.29, 1.82) is 0 Å². The lowest BCUT2D eigenvalue weighted by Gasteiger charge is -2.20. The van der Waals surface area contributed by atoms with E-state index in [2.05, 4.69) is 19.9 Å². The van der Waals surface area contributed by atoms with Crippen molar-refractivity contribution in [3.8, 4) is 0 Å². The number of carbonyl (C=O) groups excluding carboxylic acids is 1. The maximum Gasteiger partial charge on any atom is 0.162 e. The third-order valence-electron chi connectivity index (χ3n) is 4.05. The molecule has 0 aromatic heterocycles. The van der Waals surface area contributed by atoms with Crippen molar-refractivity contribution in [3.63, 3.8) is 0 Å². The first-order chi connectivity index (χ1) is 8.65. The summed E-state index contributed by atoms with van der Waals surface area (Å²) in [4.78, 5) is 12.2. The summed E-state index contributed by atoms with van der Waals surface area (Å²) in [5.74, 6) is 1.13. The molecule has 1 saturated carbocycles. The second kappa shape index (κ2) is 6.17. The van der Waals surface area contributed by atoms with Crippen molar-refractivity contribution in [3.05, 3.63) is 34.9 Å². The minimum atomic E-state index is 0.326. The number of Topliss-reactive ketones (excluding diaryl/α,β-unsaturated/α-hetero) is 1. The molecule has 0 saturated heterocycles. The lowest BCUT2D eigenvalue weighted by atomic mass is 9.85. The number of carbonyl (C=O) groups is 1. The van der Waals surface area contributed by atoms with Crippen LogP contribution in [0.15, 0.2) is 18.2 Å². The van der Waals surface area contributed by atoms with E-state index in [4.69, 9.17) is 0 Å². The van der Waals surface area contributed by atoms with E-state index in [1.54, 1.807) is 0 Å². The highest BCUT2D eigenvalue weighted by molar-refractivity contribution is 5.96. The Hall–Kier alpha value is -1.11. The molecule has 1 fully saturated rings. The Labute approximate surface area is 111 Å². The van der Waals surface area contributed by atoms with Gasteiger partial charge < -0.3 is 0 Å². The molecule has 1 aliphatic rings. The Morgan fingerprint density at radius 2 is 1.67 bits per heavy atom. The number of aryl methyl sites for hydroxylation is 2. The van der Waals surface area contributed by atoms with Crippen LogP contribution >= 0.6 is 0 Å². The summed E-state index contributed by atoms with van der Waals surface area (Å²) in [5.41, 5.74) is 3.29. The second-order valence-electron chi connectivity index (χ2n) is 5.84. The van der Waals surface area contributed by atoms with E-state index in [-0.39, 0.29) is 0 Å². The summed E-state index contributed by atoms with van der Waals surface area (Å²) in [6.45, 7) is 4.12. The van der Waals surface area contributed by atoms with Crippen molar-refractivity contribution in [2.24, 2.45) is 5.92 Å². The van der Waals surface area contributed by atoms with E-state index in [1.165, 1.54) is 43.2 Å². The average molecular weight is 244 g/mol. The lowest BCUT2D eigenvalue weighted by Crippen LogP contribution is -2.09. The lowest BCUT2D eigenvalue weighted by molar-refractivity contribution is 0.0970. The molecule has 0 amide bonds. The Morgan fingerprint density at radius 3 is 2.28 bits per heavy atom. The molecule has 0 aliphatic heterocycles. The van der Waals surface area contributed by atoms with Gasteiger partial charge in [0.2, 0.25) is 0 Å². The topological polar surface area (TPSA) is 17.1 Å². The van der Waals surface area contributed by atoms with Gasteiger partial charge in [0.15, 0.2) is 5.78 Å². The van der Waals surface area contributed by atoms with Crippen molar-refractivity contribution >= 4 is 5.78 Å². The van der Waals surface area contributed by atoms with Crippen LogP contribution < -0.4 is 0 Å². The zero-order valence-electron chi connectivity index (χ0n) is 11.7. The third-order valence-corrected chi connectivity index (χ3v) is 4.05. The van der Waals surface area contributed by atoms with Gasteiger partial charge in [0.1, 0.15) is 0 Å². The summed E-state index contributed by atoms with van der Waals surface area (Å²) in [7, 11) is 0. The largest absolute Gasteiger partial charge is 0.294 e. The number of ketones is 1. The Bertz CT molecular complexity index is 393. The monoisotopic (exact) mass is 244 g/mol. The van der Waals surface area contributed by atoms with Gasteiger partial charge in [-0.1, -0.05) is 49.3 Å². The molecule has 0 radical (unpaired) electrons. The van der Waals surface area contributed by atoms with Crippen LogP contribution in [0.3, 0.4) is 0 Å². The van der Waals surface area contributed by atoms with E-state index in [9.17, 15) is 4.79 Å². The molecule has 0 bridgehead atoms. The molecule has 0 spiro atoms. The van der Waals surface area contributed by atoms with Gasteiger partial charge in [-0.25, -0.2) is 0 Å². The number of rotatable bonds is 4. The Balaban J connectivity index is 1.90. The Morgan fingerprint density at radius 1 is 1.06 bits per heavy atom. The molecule has 0 heterocycles. The van der Waals surface area contributed by atoms with Crippen LogP contribution in [-0.2, 0) is 0 Å². The highest BCUT2D eigenvalue weighted by Crippen LogP contribution is 2.27. The SMILES string of the molecule is Cc1cc(C)cc(C(=O)CCC2CCCCC2)c1. The van der Waals surface area contributed by atoms with Crippen LogP contribution in [0.5, 0.6) is 0 Å². The smallest absolute Gasteiger partial charge is 0.162 e. The molecule has 2 rings (SSSR count). The van der Waals surface area contributed by atoms with Crippen LogP contribution in [0.25, 0.3) is 0 Å². The van der Waals surface area contributed by atoms with Gasteiger partial charge in [0, 0.05) is 12.0 Å². The highest BCUT2D eigenvalue weighted by Gasteiger charge is 2.15. The molecule has 1 aromatic rings. The summed E-state index contributed by atoms with van der Waals surface area (Å²) < 4.78 is 0. The first-order valence-electron chi connectivity index (χ1n) is 7.26. The average Bonchev–Trinajstić information content (AvgIpc) is 2.36. The standard InChI is InChI=1S/C17H24O/c1-13-10-14(2)12-16(11-13)17(18)9-8-15-6-4-3-5-7-15/h10-12,15H,3-9H2,1-2H3. The normalized spacial score (nSPS) is 16.8. The zero-order chi connectivity index (χ0) is 13.0. The van der Waals surface area contributed by atoms with Crippen LogP contribution in [0, 0.1) is 19.8 Å². The predicted molar refractivity (Wildman–Crippen MR) is 76.1 cm³/mol. The first-order valence-corrected chi connectivity index (χ1v) is 7.26. The van der Waals surface area contributed by atoms with Crippen molar-refractivity contribution in [2.75, 3.05) is 0 Å². The van der Waals surface area contributed by atoms with E-state index < -0.39 is 0 Å². The third kappa shape index (κ3) is 3.69. The number of benzene rings is 1. The molecule has 18 heavy (non-hydrogen) atoms. The molecule has 1 aliphatic carbocycles. The van der Waals surface area contributed by atoms with Crippen molar-refractivity contribution < 1.29 is 4.79 Å². The zero-order valence-corrected chi connectivity index (χ0v) is 11.7. The maximum atomic E-state index is 12.2. The van der Waals surface area contributed by atoms with Crippen LogP contribution in [0.2, 0.25) is 0 Å². The molecule has 1 heteroatoms. The second-order valence-corrected chi connectivity index (χ2v) is 5.84. The number of hydrogen-bond acceptors (Lipinski definition) is 1. The van der Waals surface area contributed by atoms with Gasteiger partial charge in [0.25, 0.3) is 0 Å². The summed E-state index contributed by atoms with van der Waals surface area (Å²) in [6, 6.07) is 6.17. The molecule has 0 N–H and O–H groups in total. The molecule has 1 nitrogen and oxygen atoms in total. The quantitative estimate of drug-likeness (QED) is 0.692. The summed E-state index contributed by atoms with van der Waals surface area (Å²) >= 11 is 0. The molecule has 0 unspecified atom stereocenters. The predicted octanol–water partition coefficient (Wildman–Crippen LogP) is 4.85. The van der Waals surface area contributed by atoms with Gasteiger partial charge >= 0.3 is 0 Å². The minimum Gasteiger partial charge on any atom is -0.294 e. The first kappa shape index (κ1) is 13.3. The van der Waals surface area contributed by atoms with Gasteiger partial charge in [-0.2, -0.15) is 0 Å². The van der Waals surface area contributed by atoms with Crippen LogP contribution in [0.1, 0.15) is 66.4 Å². The minimum absolute atomic E-state index is 0.326. The molecule has 0 atom stereocenters. The Kier molecular flexibility index (Phi) is 4.57. The van der Waals surface area contributed by atoms with Crippen LogP contribution in [-0.4, -0.2) is 5.78 Å². The van der Waals surface area contributed by atoms with Gasteiger partial charge in [0.05, 0.1) is 0 Å². The van der Waals surface area contributed by atoms with Crippen molar-refractivity contribution in [1.82, 2.24) is 0 Å². The van der Waals surface area contributed by atoms with Crippen molar-refractivity contribution in [2.45, 2.75) is 58.8 Å². The van der Waals surface area contributed by atoms with E-state index in [1.807, 2.05) is 12.1 Å². The fourth-order valence-electron chi connectivity index (χ4n) is 3.09. The molecular formula is C17H24O. The molecule has 98 valence electrons. The molecular weight excluding hydrogens is 220 g/mol. The van der Waals surface area contributed by atoms with Gasteiger partial charge in [-0.15, -0.1) is 0 Å². The van der Waals surface area contributed by atoms with Crippen LogP contribution in [0.4, 0.5) is 0 Å². The summed E-state index contributed by atoms with van der Waals surface area (Å²) in [5, 5.41) is 0. The van der Waals surface area contributed by atoms with Gasteiger partial charge in [-0.3, -0.25) is 4.79 Å². The molecule has 1 aromatic carbocycles. The highest BCUT2D eigenvalue weighted by atomic mass is 16.1. The maximum absolute atomic E-state index is 12.2.